The molecule has 2 aromatic rings. The molecule has 0 atom stereocenters. The molecule has 2 rings (SSSR count). The number of hydrogen-bond acceptors (Lipinski definition) is 5. The molecule has 0 aliphatic heterocycles. The van der Waals surface area contributed by atoms with Gasteiger partial charge in [-0.1, -0.05) is 35.0 Å². The Morgan fingerprint density at radius 1 is 1.24 bits per heavy atom. The van der Waals surface area contributed by atoms with Crippen LogP contribution in [0.25, 0.3) is 0 Å². The summed E-state index contributed by atoms with van der Waals surface area (Å²) in [4.78, 5) is 16.1. The largest absolute Gasteiger partial charge is 0.326 e. The number of rotatable bonds is 4. The van der Waals surface area contributed by atoms with Crippen LogP contribution < -0.4 is 16.6 Å². The number of anilines is 2. The summed E-state index contributed by atoms with van der Waals surface area (Å²) in [7, 11) is 0. The van der Waals surface area contributed by atoms with E-state index in [-0.39, 0.29) is 5.91 Å². The topological polar surface area (TPSA) is 80.0 Å². The Kier molecular flexibility index (Phi) is 5.30. The van der Waals surface area contributed by atoms with Crippen LogP contribution in [0.15, 0.2) is 40.3 Å². The zero-order valence-corrected chi connectivity index (χ0v) is 13.3. The van der Waals surface area contributed by atoms with Crippen LogP contribution in [0.5, 0.6) is 0 Å². The second-order valence-corrected chi connectivity index (χ2v) is 5.93. The number of halogens is 2. The summed E-state index contributed by atoms with van der Waals surface area (Å²) in [6.07, 6.45) is 0. The Morgan fingerprint density at radius 2 is 1.90 bits per heavy atom. The van der Waals surface area contributed by atoms with Gasteiger partial charge in [-0.3, -0.25) is 4.79 Å². The lowest BCUT2D eigenvalue weighted by molar-refractivity contribution is -0.114. The molecule has 21 heavy (non-hydrogen) atoms. The van der Waals surface area contributed by atoms with Crippen molar-refractivity contribution in [3.05, 3.63) is 40.4 Å². The molecule has 0 bridgehead atoms. The fourth-order valence-corrected chi connectivity index (χ4v) is 2.86. The molecule has 1 amide bonds. The Hall–Kier alpha value is -1.47. The third-order valence-electron chi connectivity index (χ3n) is 2.42. The first kappa shape index (κ1) is 15.9. The number of carbonyl (C=O) groups is 1. The van der Waals surface area contributed by atoms with E-state index in [0.717, 1.165) is 10.6 Å². The minimum absolute atomic E-state index is 0.114. The third kappa shape index (κ3) is 4.25. The molecule has 0 radical (unpaired) electrons. The number of amides is 1. The molecular weight excluding hydrogens is 331 g/mol. The van der Waals surface area contributed by atoms with E-state index in [0.29, 0.717) is 20.9 Å². The summed E-state index contributed by atoms with van der Waals surface area (Å²) >= 11 is 13.4. The lowest BCUT2D eigenvalue weighted by atomic mass is 10.3. The molecule has 0 spiro atoms. The van der Waals surface area contributed by atoms with Crippen LogP contribution in [0.1, 0.15) is 6.92 Å². The van der Waals surface area contributed by atoms with Crippen LogP contribution in [-0.4, -0.2) is 10.9 Å². The Balaban J connectivity index is 2.20. The van der Waals surface area contributed by atoms with Crippen molar-refractivity contribution in [2.45, 2.75) is 16.8 Å². The van der Waals surface area contributed by atoms with E-state index < -0.39 is 0 Å². The highest BCUT2D eigenvalue weighted by Crippen LogP contribution is 2.35. The first-order chi connectivity index (χ1) is 9.99. The zero-order chi connectivity index (χ0) is 15.4. The highest BCUT2D eigenvalue weighted by Gasteiger charge is 2.10. The quantitative estimate of drug-likeness (QED) is 0.581. The summed E-state index contributed by atoms with van der Waals surface area (Å²) in [6, 6.07) is 8.90. The van der Waals surface area contributed by atoms with Gasteiger partial charge in [0.1, 0.15) is 5.03 Å². The van der Waals surface area contributed by atoms with Crippen molar-refractivity contribution in [1.29, 1.82) is 0 Å². The SMILES string of the molecule is CC(=O)Nc1ccc(Sc2nc(NN)c(Cl)cc2Cl)cc1. The van der Waals surface area contributed by atoms with Crippen LogP contribution in [0.2, 0.25) is 10.0 Å². The summed E-state index contributed by atoms with van der Waals surface area (Å²) in [6.45, 7) is 1.46. The Morgan fingerprint density at radius 3 is 2.48 bits per heavy atom. The number of hydrogen-bond donors (Lipinski definition) is 3. The van der Waals surface area contributed by atoms with Gasteiger partial charge in [-0.2, -0.15) is 0 Å². The molecule has 0 fully saturated rings. The zero-order valence-electron chi connectivity index (χ0n) is 11.0. The molecule has 4 N–H and O–H groups in total. The molecular formula is C13H12Cl2N4OS. The first-order valence-corrected chi connectivity index (χ1v) is 7.45. The maximum Gasteiger partial charge on any atom is 0.221 e. The fraction of sp³-hybridized carbons (Fsp3) is 0.0769. The van der Waals surface area contributed by atoms with Crippen molar-refractivity contribution < 1.29 is 4.79 Å². The van der Waals surface area contributed by atoms with E-state index >= 15 is 0 Å². The number of nitrogens with one attached hydrogen (secondary N) is 2. The van der Waals surface area contributed by atoms with E-state index in [4.69, 9.17) is 29.0 Å². The monoisotopic (exact) mass is 342 g/mol. The van der Waals surface area contributed by atoms with E-state index in [1.54, 1.807) is 18.2 Å². The average molecular weight is 343 g/mol. The van der Waals surface area contributed by atoms with E-state index in [1.807, 2.05) is 12.1 Å². The molecule has 8 heteroatoms. The molecule has 1 aromatic carbocycles. The number of nitrogen functional groups attached to an aromatic ring is 1. The van der Waals surface area contributed by atoms with Gasteiger partial charge in [0.05, 0.1) is 10.0 Å². The van der Waals surface area contributed by atoms with Crippen LogP contribution in [0, 0.1) is 0 Å². The van der Waals surface area contributed by atoms with Crippen molar-refractivity contribution in [3.8, 4) is 0 Å². The minimum atomic E-state index is -0.114. The molecule has 0 unspecified atom stereocenters. The Bertz CT molecular complexity index is 664. The molecule has 1 aromatic heterocycles. The smallest absolute Gasteiger partial charge is 0.221 e. The van der Waals surface area contributed by atoms with Crippen molar-refractivity contribution in [2.75, 3.05) is 10.7 Å². The van der Waals surface area contributed by atoms with E-state index in [9.17, 15) is 4.79 Å². The lowest BCUT2D eigenvalue weighted by Crippen LogP contribution is -2.09. The van der Waals surface area contributed by atoms with Gasteiger partial charge in [-0.25, -0.2) is 10.8 Å². The average Bonchev–Trinajstić information content (AvgIpc) is 2.43. The normalized spacial score (nSPS) is 10.3. The van der Waals surface area contributed by atoms with Gasteiger partial charge in [0, 0.05) is 17.5 Å². The van der Waals surface area contributed by atoms with Gasteiger partial charge < -0.3 is 10.7 Å². The molecule has 0 saturated heterocycles. The second kappa shape index (κ2) is 7.00. The lowest BCUT2D eigenvalue weighted by Gasteiger charge is -2.08. The van der Waals surface area contributed by atoms with Crippen molar-refractivity contribution in [2.24, 2.45) is 5.84 Å². The summed E-state index contributed by atoms with van der Waals surface area (Å²) in [5.41, 5.74) is 3.14. The standard InChI is InChI=1S/C13H12Cl2N4OS/c1-7(20)17-8-2-4-9(5-3-8)21-13-11(15)6-10(14)12(18-13)19-16/h2-6H,16H2,1H3,(H,17,20)(H,18,19). The van der Waals surface area contributed by atoms with Gasteiger partial charge in [-0.05, 0) is 30.3 Å². The van der Waals surface area contributed by atoms with Gasteiger partial charge in [0.2, 0.25) is 5.91 Å². The molecule has 0 aliphatic carbocycles. The maximum absolute atomic E-state index is 11.0. The van der Waals surface area contributed by atoms with Crippen LogP contribution >= 0.6 is 35.0 Å². The third-order valence-corrected chi connectivity index (χ3v) is 4.12. The highest BCUT2D eigenvalue weighted by molar-refractivity contribution is 7.99. The van der Waals surface area contributed by atoms with Crippen molar-refractivity contribution in [1.82, 2.24) is 4.98 Å². The molecule has 5 nitrogen and oxygen atoms in total. The minimum Gasteiger partial charge on any atom is -0.326 e. The van der Waals surface area contributed by atoms with Crippen LogP contribution in [0.4, 0.5) is 11.5 Å². The van der Waals surface area contributed by atoms with E-state index in [2.05, 4.69) is 15.7 Å². The summed E-state index contributed by atoms with van der Waals surface area (Å²) in [5, 5.41) is 4.08. The van der Waals surface area contributed by atoms with Gasteiger partial charge in [0.25, 0.3) is 0 Å². The highest BCUT2D eigenvalue weighted by atomic mass is 35.5. The van der Waals surface area contributed by atoms with E-state index in [1.165, 1.54) is 18.7 Å². The predicted molar refractivity (Wildman–Crippen MR) is 86.9 cm³/mol. The molecule has 1 heterocycles. The van der Waals surface area contributed by atoms with Crippen LogP contribution in [0.3, 0.4) is 0 Å². The number of nitrogens with zero attached hydrogens (tertiary/aromatic N) is 1. The van der Waals surface area contributed by atoms with Crippen molar-refractivity contribution >= 4 is 52.4 Å². The summed E-state index contributed by atoms with van der Waals surface area (Å²) in [5.74, 6) is 5.59. The fourth-order valence-electron chi connectivity index (χ4n) is 1.54. The van der Waals surface area contributed by atoms with Gasteiger partial charge in [0.15, 0.2) is 5.82 Å². The maximum atomic E-state index is 11.0. The number of aromatic nitrogens is 1. The predicted octanol–water partition coefficient (Wildman–Crippen LogP) is 3.78. The Labute approximate surface area is 136 Å². The number of pyridine rings is 1. The summed E-state index contributed by atoms with van der Waals surface area (Å²) < 4.78 is 0. The number of nitrogens with two attached hydrogens (primary N) is 1. The number of carbonyl (C=O) groups excluding carboxylic acids is 1. The molecule has 110 valence electrons. The van der Waals surface area contributed by atoms with Gasteiger partial charge >= 0.3 is 0 Å². The van der Waals surface area contributed by atoms with Gasteiger partial charge in [-0.15, -0.1) is 0 Å². The molecule has 0 aliphatic rings. The van der Waals surface area contributed by atoms with Crippen LogP contribution in [-0.2, 0) is 4.79 Å². The van der Waals surface area contributed by atoms with Crippen molar-refractivity contribution in [3.63, 3.8) is 0 Å². The first-order valence-electron chi connectivity index (χ1n) is 5.87. The molecule has 0 saturated carbocycles. The number of hydrazine groups is 1. The second-order valence-electron chi connectivity index (χ2n) is 4.06. The number of benzene rings is 1.